The van der Waals surface area contributed by atoms with Crippen LogP contribution in [0.2, 0.25) is 0 Å². The number of hydrogen-bond acceptors (Lipinski definition) is 3. The van der Waals surface area contributed by atoms with Crippen molar-refractivity contribution in [3.8, 4) is 0 Å². The molecule has 1 aromatic rings. The second kappa shape index (κ2) is 6.07. The molecule has 0 saturated carbocycles. The number of carboxylic acids is 1. The zero-order chi connectivity index (χ0) is 14.9. The largest absolute Gasteiger partial charge is 0.481 e. The quantitative estimate of drug-likeness (QED) is 0.906. The molecule has 3 rings (SSSR count). The van der Waals surface area contributed by atoms with Gasteiger partial charge in [0.05, 0.1) is 19.6 Å². The third-order valence-electron chi connectivity index (χ3n) is 4.71. The normalized spacial score (nSPS) is 26.3. The van der Waals surface area contributed by atoms with Gasteiger partial charge in [0.1, 0.15) is 0 Å². The minimum Gasteiger partial charge on any atom is -0.481 e. The van der Waals surface area contributed by atoms with Crippen molar-refractivity contribution in [1.29, 1.82) is 0 Å². The highest BCUT2D eigenvalue weighted by Crippen LogP contribution is 2.37. The van der Waals surface area contributed by atoms with E-state index in [0.29, 0.717) is 13.2 Å². The van der Waals surface area contributed by atoms with Gasteiger partial charge in [-0.25, -0.2) is 0 Å². The molecule has 4 nitrogen and oxygen atoms in total. The van der Waals surface area contributed by atoms with E-state index in [0.717, 1.165) is 36.8 Å². The number of carboxylic acid groups (broad SMARTS) is 1. The van der Waals surface area contributed by atoms with Crippen LogP contribution in [0.4, 0.5) is 0 Å². The summed E-state index contributed by atoms with van der Waals surface area (Å²) >= 11 is 3.51. The van der Waals surface area contributed by atoms with Crippen molar-refractivity contribution in [2.75, 3.05) is 26.3 Å². The first kappa shape index (κ1) is 15.0. The molecule has 114 valence electrons. The summed E-state index contributed by atoms with van der Waals surface area (Å²) in [6, 6.07) is 6.35. The highest BCUT2D eigenvalue weighted by atomic mass is 79.9. The summed E-state index contributed by atoms with van der Waals surface area (Å²) < 4.78 is 6.53. The maximum atomic E-state index is 11.4. The summed E-state index contributed by atoms with van der Waals surface area (Å²) in [5.74, 6) is -0.706. The molecule has 1 heterocycles. The molecule has 1 atom stereocenters. The summed E-state index contributed by atoms with van der Waals surface area (Å²) in [4.78, 5) is 13.8. The molecule has 0 radical (unpaired) electrons. The fourth-order valence-electron chi connectivity index (χ4n) is 3.66. The lowest BCUT2D eigenvalue weighted by Crippen LogP contribution is -2.57. The fourth-order valence-corrected chi connectivity index (χ4v) is 4.07. The van der Waals surface area contributed by atoms with E-state index in [1.165, 1.54) is 11.1 Å². The van der Waals surface area contributed by atoms with Crippen molar-refractivity contribution in [1.82, 2.24) is 4.90 Å². The Balaban J connectivity index is 1.90. The Morgan fingerprint density at radius 2 is 2.10 bits per heavy atom. The number of halogens is 1. The van der Waals surface area contributed by atoms with Crippen LogP contribution in [0.5, 0.6) is 0 Å². The van der Waals surface area contributed by atoms with Gasteiger partial charge in [-0.1, -0.05) is 22.0 Å². The van der Waals surface area contributed by atoms with Crippen molar-refractivity contribution in [2.45, 2.75) is 31.2 Å². The monoisotopic (exact) mass is 353 g/mol. The van der Waals surface area contributed by atoms with E-state index in [1.54, 1.807) is 0 Å². The van der Waals surface area contributed by atoms with Crippen LogP contribution in [0.15, 0.2) is 22.7 Å². The minimum atomic E-state index is -0.706. The van der Waals surface area contributed by atoms with Crippen molar-refractivity contribution in [2.24, 2.45) is 0 Å². The number of benzene rings is 1. The standard InChI is InChI=1S/C16H20BrNO3/c17-14-2-1-13-10-16(11-15(19)20,4-3-12(13)9-14)18-5-7-21-8-6-18/h1-2,9H,3-8,10-11H2,(H,19,20). The Kier molecular flexibility index (Phi) is 4.33. The van der Waals surface area contributed by atoms with Crippen LogP contribution >= 0.6 is 15.9 Å². The average molecular weight is 354 g/mol. The van der Waals surface area contributed by atoms with Crippen molar-refractivity contribution in [3.05, 3.63) is 33.8 Å². The van der Waals surface area contributed by atoms with Crippen molar-refractivity contribution in [3.63, 3.8) is 0 Å². The van der Waals surface area contributed by atoms with Gasteiger partial charge in [0.25, 0.3) is 0 Å². The van der Waals surface area contributed by atoms with E-state index in [4.69, 9.17) is 4.74 Å². The minimum absolute atomic E-state index is 0.211. The predicted molar refractivity (Wildman–Crippen MR) is 83.5 cm³/mol. The molecule has 5 heteroatoms. The Labute approximate surface area is 133 Å². The molecule has 0 aromatic heterocycles. The van der Waals surface area contributed by atoms with Gasteiger partial charge >= 0.3 is 5.97 Å². The first-order chi connectivity index (χ1) is 10.1. The molecule has 0 amide bonds. The molecule has 1 fully saturated rings. The Bertz CT molecular complexity index is 542. The van der Waals surface area contributed by atoms with Gasteiger partial charge in [-0.15, -0.1) is 0 Å². The van der Waals surface area contributed by atoms with E-state index >= 15 is 0 Å². The summed E-state index contributed by atoms with van der Waals surface area (Å²) in [5, 5.41) is 9.39. The van der Waals surface area contributed by atoms with Gasteiger partial charge in [0, 0.05) is 23.1 Å². The molecule has 1 aromatic carbocycles. The lowest BCUT2D eigenvalue weighted by atomic mass is 9.74. The van der Waals surface area contributed by atoms with Crippen LogP contribution in [-0.4, -0.2) is 47.8 Å². The first-order valence-electron chi connectivity index (χ1n) is 7.41. The molecular weight excluding hydrogens is 334 g/mol. The molecule has 1 unspecified atom stereocenters. The highest BCUT2D eigenvalue weighted by molar-refractivity contribution is 9.10. The lowest BCUT2D eigenvalue weighted by molar-refractivity contribution is -0.142. The van der Waals surface area contributed by atoms with Gasteiger partial charge in [-0.3, -0.25) is 9.69 Å². The Morgan fingerprint density at radius 3 is 2.81 bits per heavy atom. The van der Waals surface area contributed by atoms with Crippen LogP contribution < -0.4 is 0 Å². The van der Waals surface area contributed by atoms with Crippen molar-refractivity contribution < 1.29 is 14.6 Å². The molecule has 1 aliphatic carbocycles. The number of aliphatic carboxylic acids is 1. The summed E-state index contributed by atoms with van der Waals surface area (Å²) in [6.45, 7) is 3.07. The number of rotatable bonds is 3. The fraction of sp³-hybridized carbons (Fsp3) is 0.562. The summed E-state index contributed by atoms with van der Waals surface area (Å²) in [5.41, 5.74) is 2.38. The maximum absolute atomic E-state index is 11.4. The molecule has 1 aliphatic heterocycles. The van der Waals surface area contributed by atoms with E-state index in [-0.39, 0.29) is 12.0 Å². The smallest absolute Gasteiger partial charge is 0.305 e. The second-order valence-electron chi connectivity index (χ2n) is 5.98. The van der Waals surface area contributed by atoms with Gasteiger partial charge < -0.3 is 9.84 Å². The number of ether oxygens (including phenoxy) is 1. The third-order valence-corrected chi connectivity index (χ3v) is 5.20. The zero-order valence-electron chi connectivity index (χ0n) is 12.0. The highest BCUT2D eigenvalue weighted by Gasteiger charge is 2.42. The van der Waals surface area contributed by atoms with Crippen LogP contribution in [0.1, 0.15) is 24.0 Å². The molecule has 1 N–H and O–H groups in total. The van der Waals surface area contributed by atoms with E-state index in [2.05, 4.69) is 39.0 Å². The number of nitrogens with zero attached hydrogens (tertiary/aromatic N) is 1. The summed E-state index contributed by atoms with van der Waals surface area (Å²) in [7, 11) is 0. The second-order valence-corrected chi connectivity index (χ2v) is 6.90. The third kappa shape index (κ3) is 3.15. The van der Waals surface area contributed by atoms with Crippen LogP contribution in [0.3, 0.4) is 0 Å². The molecule has 2 aliphatic rings. The van der Waals surface area contributed by atoms with Crippen LogP contribution in [-0.2, 0) is 22.4 Å². The predicted octanol–water partition coefficient (Wildman–Crippen LogP) is 2.48. The van der Waals surface area contributed by atoms with E-state index < -0.39 is 5.97 Å². The van der Waals surface area contributed by atoms with Crippen molar-refractivity contribution >= 4 is 21.9 Å². The Hall–Kier alpha value is -0.910. The number of fused-ring (bicyclic) bond motifs is 1. The van der Waals surface area contributed by atoms with Gasteiger partial charge in [-0.2, -0.15) is 0 Å². The van der Waals surface area contributed by atoms with E-state index in [9.17, 15) is 9.90 Å². The Morgan fingerprint density at radius 1 is 1.33 bits per heavy atom. The number of morpholine rings is 1. The number of hydrogen-bond donors (Lipinski definition) is 1. The van der Waals surface area contributed by atoms with Crippen LogP contribution in [0, 0.1) is 0 Å². The SMILES string of the molecule is O=C(O)CC1(N2CCOCC2)CCc2cc(Br)ccc2C1. The average Bonchev–Trinajstić information content (AvgIpc) is 2.48. The topological polar surface area (TPSA) is 49.8 Å². The molecule has 0 bridgehead atoms. The van der Waals surface area contributed by atoms with Gasteiger partial charge in [0.15, 0.2) is 0 Å². The summed E-state index contributed by atoms with van der Waals surface area (Å²) in [6.07, 6.45) is 2.88. The first-order valence-corrected chi connectivity index (χ1v) is 8.20. The van der Waals surface area contributed by atoms with E-state index in [1.807, 2.05) is 0 Å². The van der Waals surface area contributed by atoms with Gasteiger partial charge in [-0.05, 0) is 42.5 Å². The lowest BCUT2D eigenvalue weighted by Gasteiger charge is -2.47. The molecule has 21 heavy (non-hydrogen) atoms. The van der Waals surface area contributed by atoms with Crippen LogP contribution in [0.25, 0.3) is 0 Å². The molecular formula is C16H20BrNO3. The maximum Gasteiger partial charge on any atom is 0.305 e. The zero-order valence-corrected chi connectivity index (χ0v) is 13.6. The molecule has 1 saturated heterocycles. The number of aryl methyl sites for hydroxylation is 1. The van der Waals surface area contributed by atoms with Gasteiger partial charge in [0.2, 0.25) is 0 Å². The number of carbonyl (C=O) groups is 1. The molecule has 0 spiro atoms.